The van der Waals surface area contributed by atoms with Crippen LogP contribution in [-0.2, 0) is 11.3 Å². The third-order valence-electron chi connectivity index (χ3n) is 3.87. The molecule has 3 rings (SSSR count). The van der Waals surface area contributed by atoms with Crippen LogP contribution in [0.2, 0.25) is 5.02 Å². The van der Waals surface area contributed by atoms with E-state index >= 15 is 0 Å². The maximum absolute atomic E-state index is 12.2. The number of benzene rings is 2. The molecule has 1 aromatic heterocycles. The second kappa shape index (κ2) is 8.96. The van der Waals surface area contributed by atoms with Crippen LogP contribution in [0.4, 0.5) is 11.5 Å². The van der Waals surface area contributed by atoms with E-state index in [0.717, 1.165) is 11.3 Å². The molecule has 0 saturated carbocycles. The molecule has 0 saturated heterocycles. The Morgan fingerprint density at radius 2 is 1.75 bits per heavy atom. The molecule has 0 atom stereocenters. The van der Waals surface area contributed by atoms with E-state index in [0.29, 0.717) is 22.9 Å². The topological polar surface area (TPSA) is 93.2 Å². The fourth-order valence-corrected chi connectivity index (χ4v) is 2.59. The highest BCUT2D eigenvalue weighted by Gasteiger charge is 2.10. The molecule has 2 N–H and O–H groups in total. The van der Waals surface area contributed by atoms with Crippen LogP contribution >= 0.6 is 11.6 Å². The van der Waals surface area contributed by atoms with E-state index in [1.165, 1.54) is 7.11 Å². The molecule has 0 fully saturated rings. The van der Waals surface area contributed by atoms with E-state index in [4.69, 9.17) is 11.6 Å². The zero-order chi connectivity index (χ0) is 19.9. The molecule has 142 valence electrons. The number of aromatic nitrogens is 2. The first-order valence-electron chi connectivity index (χ1n) is 8.37. The molecule has 0 bridgehead atoms. The molecule has 0 aliphatic heterocycles. The van der Waals surface area contributed by atoms with Crippen molar-refractivity contribution < 1.29 is 14.3 Å². The van der Waals surface area contributed by atoms with Gasteiger partial charge < -0.3 is 15.4 Å². The van der Waals surface area contributed by atoms with Crippen molar-refractivity contribution in [2.24, 2.45) is 0 Å². The lowest BCUT2D eigenvalue weighted by molar-refractivity contribution is 0.0600. The molecule has 3 aromatic rings. The van der Waals surface area contributed by atoms with Gasteiger partial charge >= 0.3 is 5.97 Å². The van der Waals surface area contributed by atoms with Gasteiger partial charge in [0.1, 0.15) is 0 Å². The van der Waals surface area contributed by atoms with Gasteiger partial charge in [0.25, 0.3) is 5.91 Å². The Labute approximate surface area is 166 Å². The van der Waals surface area contributed by atoms with Crippen molar-refractivity contribution in [2.45, 2.75) is 6.54 Å². The fraction of sp³-hybridized carbons (Fsp3) is 0.100. The minimum atomic E-state index is -0.404. The van der Waals surface area contributed by atoms with Gasteiger partial charge in [0.2, 0.25) is 0 Å². The Morgan fingerprint density at radius 3 is 2.39 bits per heavy atom. The predicted molar refractivity (Wildman–Crippen MR) is 106 cm³/mol. The van der Waals surface area contributed by atoms with Gasteiger partial charge in [-0.1, -0.05) is 29.8 Å². The number of carbonyl (C=O) groups is 2. The van der Waals surface area contributed by atoms with Crippen LogP contribution in [0.25, 0.3) is 0 Å². The largest absolute Gasteiger partial charge is 0.465 e. The van der Waals surface area contributed by atoms with Gasteiger partial charge in [-0.15, -0.1) is 10.2 Å². The average molecular weight is 397 g/mol. The SMILES string of the molecule is COC(=O)c1ccc(Nc2ccc(C(=O)NCc3ccccc3Cl)nn2)cc1. The highest BCUT2D eigenvalue weighted by molar-refractivity contribution is 6.31. The molecule has 0 unspecified atom stereocenters. The first-order chi connectivity index (χ1) is 13.6. The number of nitrogens with zero attached hydrogens (tertiary/aromatic N) is 2. The number of hydrogen-bond acceptors (Lipinski definition) is 6. The summed E-state index contributed by atoms with van der Waals surface area (Å²) in [6, 6.07) is 17.2. The lowest BCUT2D eigenvalue weighted by Crippen LogP contribution is -2.24. The Morgan fingerprint density at radius 1 is 1.00 bits per heavy atom. The number of amides is 1. The smallest absolute Gasteiger partial charge is 0.337 e. The quantitative estimate of drug-likeness (QED) is 0.618. The maximum Gasteiger partial charge on any atom is 0.337 e. The fourth-order valence-electron chi connectivity index (χ4n) is 2.38. The Balaban J connectivity index is 1.59. The number of carbonyl (C=O) groups excluding carboxylic acids is 2. The standard InChI is InChI=1S/C20H17ClN4O3/c1-28-20(27)13-6-8-15(9-7-13)23-18-11-10-17(24-25-18)19(26)22-12-14-4-2-3-5-16(14)21/h2-11H,12H2,1H3,(H,22,26)(H,23,25). The summed E-state index contributed by atoms with van der Waals surface area (Å²) in [5.41, 5.74) is 2.18. The van der Waals surface area contributed by atoms with Crippen LogP contribution in [0.15, 0.2) is 60.7 Å². The Kier molecular flexibility index (Phi) is 6.18. The predicted octanol–water partition coefficient (Wildman–Crippen LogP) is 3.59. The highest BCUT2D eigenvalue weighted by atomic mass is 35.5. The van der Waals surface area contributed by atoms with Crippen molar-refractivity contribution in [3.05, 3.63) is 82.5 Å². The number of hydrogen-bond donors (Lipinski definition) is 2. The summed E-state index contributed by atoms with van der Waals surface area (Å²) in [7, 11) is 1.33. The molecular formula is C20H17ClN4O3. The van der Waals surface area contributed by atoms with Gasteiger partial charge in [-0.3, -0.25) is 4.79 Å². The van der Waals surface area contributed by atoms with E-state index in [-0.39, 0.29) is 11.6 Å². The van der Waals surface area contributed by atoms with Crippen LogP contribution in [0.3, 0.4) is 0 Å². The molecule has 7 nitrogen and oxygen atoms in total. The number of ether oxygens (including phenoxy) is 1. The summed E-state index contributed by atoms with van der Waals surface area (Å²) in [4.78, 5) is 23.6. The van der Waals surface area contributed by atoms with Crippen LogP contribution < -0.4 is 10.6 Å². The third kappa shape index (κ3) is 4.83. The van der Waals surface area contributed by atoms with Crippen LogP contribution in [0, 0.1) is 0 Å². The first kappa shape index (κ1) is 19.3. The lowest BCUT2D eigenvalue weighted by atomic mass is 10.2. The van der Waals surface area contributed by atoms with Crippen LogP contribution in [0.5, 0.6) is 0 Å². The molecule has 8 heteroatoms. The number of rotatable bonds is 6. The van der Waals surface area contributed by atoms with Gasteiger partial charge in [-0.05, 0) is 48.0 Å². The summed E-state index contributed by atoms with van der Waals surface area (Å²) >= 11 is 6.07. The van der Waals surface area contributed by atoms with Gasteiger partial charge in [0.05, 0.1) is 12.7 Å². The zero-order valence-electron chi connectivity index (χ0n) is 15.0. The van der Waals surface area contributed by atoms with E-state index in [1.54, 1.807) is 42.5 Å². The molecule has 0 aliphatic rings. The van der Waals surface area contributed by atoms with Gasteiger partial charge in [-0.25, -0.2) is 4.79 Å². The molecule has 0 aliphatic carbocycles. The average Bonchev–Trinajstić information content (AvgIpc) is 2.73. The van der Waals surface area contributed by atoms with Gasteiger partial charge in [-0.2, -0.15) is 0 Å². The summed E-state index contributed by atoms with van der Waals surface area (Å²) in [5.74, 6) is -0.284. The molecule has 0 spiro atoms. The molecule has 28 heavy (non-hydrogen) atoms. The molecular weight excluding hydrogens is 380 g/mol. The van der Waals surface area contributed by atoms with Crippen molar-refractivity contribution in [1.82, 2.24) is 15.5 Å². The third-order valence-corrected chi connectivity index (χ3v) is 4.24. The summed E-state index contributed by atoms with van der Waals surface area (Å²) in [5, 5.41) is 14.3. The summed E-state index contributed by atoms with van der Waals surface area (Å²) in [6.07, 6.45) is 0. The number of anilines is 2. The number of methoxy groups -OCH3 is 1. The Bertz CT molecular complexity index is 976. The van der Waals surface area contributed by atoms with Crippen LogP contribution in [-0.4, -0.2) is 29.2 Å². The second-order valence-electron chi connectivity index (χ2n) is 5.77. The van der Waals surface area contributed by atoms with Gasteiger partial charge in [0, 0.05) is 17.3 Å². The van der Waals surface area contributed by atoms with E-state index < -0.39 is 5.97 Å². The van der Waals surface area contributed by atoms with Crippen molar-refractivity contribution in [3.8, 4) is 0 Å². The second-order valence-corrected chi connectivity index (χ2v) is 6.18. The molecule has 1 amide bonds. The lowest BCUT2D eigenvalue weighted by Gasteiger charge is -2.08. The number of esters is 1. The minimum absolute atomic E-state index is 0.193. The van der Waals surface area contributed by atoms with Crippen molar-refractivity contribution in [1.29, 1.82) is 0 Å². The van der Waals surface area contributed by atoms with E-state index in [9.17, 15) is 9.59 Å². The molecule has 2 aromatic carbocycles. The maximum atomic E-state index is 12.2. The summed E-state index contributed by atoms with van der Waals surface area (Å²) in [6.45, 7) is 0.298. The number of nitrogens with one attached hydrogen (secondary N) is 2. The molecule has 0 radical (unpaired) electrons. The van der Waals surface area contributed by atoms with Crippen LogP contribution in [0.1, 0.15) is 26.4 Å². The molecule has 1 heterocycles. The monoisotopic (exact) mass is 396 g/mol. The normalized spacial score (nSPS) is 10.2. The zero-order valence-corrected chi connectivity index (χ0v) is 15.7. The minimum Gasteiger partial charge on any atom is -0.465 e. The number of halogens is 1. The van der Waals surface area contributed by atoms with Gasteiger partial charge in [0.15, 0.2) is 11.5 Å². The highest BCUT2D eigenvalue weighted by Crippen LogP contribution is 2.16. The Hall–Kier alpha value is -3.45. The first-order valence-corrected chi connectivity index (χ1v) is 8.75. The van der Waals surface area contributed by atoms with Crippen molar-refractivity contribution in [2.75, 3.05) is 12.4 Å². The van der Waals surface area contributed by atoms with Crippen molar-refractivity contribution in [3.63, 3.8) is 0 Å². The van der Waals surface area contributed by atoms with Crippen molar-refractivity contribution >= 4 is 35.0 Å². The summed E-state index contributed by atoms with van der Waals surface area (Å²) < 4.78 is 4.66. The van der Waals surface area contributed by atoms with E-state index in [1.807, 2.05) is 18.2 Å². The van der Waals surface area contributed by atoms with E-state index in [2.05, 4.69) is 25.6 Å².